The van der Waals surface area contributed by atoms with Crippen LogP contribution in [0.25, 0.3) is 0 Å². The van der Waals surface area contributed by atoms with Crippen LogP contribution in [0.3, 0.4) is 0 Å². The van der Waals surface area contributed by atoms with E-state index in [0.717, 1.165) is 44.5 Å². The highest BCUT2D eigenvalue weighted by Crippen LogP contribution is 2.20. The van der Waals surface area contributed by atoms with Crippen molar-refractivity contribution < 1.29 is 9.21 Å². The third kappa shape index (κ3) is 4.74. The first-order chi connectivity index (χ1) is 11.3. The van der Waals surface area contributed by atoms with Gasteiger partial charge in [0.15, 0.2) is 0 Å². The van der Waals surface area contributed by atoms with Crippen LogP contribution in [0, 0.1) is 0 Å². The summed E-state index contributed by atoms with van der Waals surface area (Å²) in [6, 6.07) is 4.41. The van der Waals surface area contributed by atoms with Crippen LogP contribution in [0.4, 0.5) is 4.79 Å². The lowest BCUT2D eigenvalue weighted by Gasteiger charge is -2.37. The minimum Gasteiger partial charge on any atom is -0.469 e. The number of aryl methyl sites for hydroxylation is 1. The maximum Gasteiger partial charge on any atom is 0.317 e. The molecular weight excluding hydrogens is 290 g/mol. The van der Waals surface area contributed by atoms with Crippen LogP contribution in [0.5, 0.6) is 0 Å². The largest absolute Gasteiger partial charge is 0.469 e. The van der Waals surface area contributed by atoms with Crippen LogP contribution in [0.1, 0.15) is 44.3 Å². The minimum atomic E-state index is 0.119. The Balaban J connectivity index is 1.41. The molecule has 0 saturated carbocycles. The number of carbonyl (C=O) groups is 1. The van der Waals surface area contributed by atoms with Crippen molar-refractivity contribution >= 4 is 6.03 Å². The zero-order chi connectivity index (χ0) is 15.9. The Bertz CT molecular complexity index is 469. The molecule has 5 heteroatoms. The number of hydrogen-bond acceptors (Lipinski definition) is 3. The molecule has 23 heavy (non-hydrogen) atoms. The molecule has 2 aliphatic heterocycles. The number of carbonyl (C=O) groups excluding carboxylic acids is 1. The Morgan fingerprint density at radius 1 is 1.22 bits per heavy atom. The summed E-state index contributed by atoms with van der Waals surface area (Å²) >= 11 is 0. The number of nitrogens with one attached hydrogen (secondary N) is 1. The Kier molecular flexibility index (Phi) is 5.97. The van der Waals surface area contributed by atoms with Crippen molar-refractivity contribution in [2.75, 3.05) is 32.7 Å². The van der Waals surface area contributed by atoms with E-state index in [4.69, 9.17) is 4.42 Å². The molecule has 2 amide bonds. The lowest BCUT2D eigenvalue weighted by molar-refractivity contribution is 0.127. The van der Waals surface area contributed by atoms with Gasteiger partial charge >= 0.3 is 6.03 Å². The molecule has 1 aromatic heterocycles. The van der Waals surface area contributed by atoms with Crippen LogP contribution in [0.2, 0.25) is 0 Å². The summed E-state index contributed by atoms with van der Waals surface area (Å²) in [6.07, 6.45) is 9.66. The van der Waals surface area contributed by atoms with E-state index < -0.39 is 0 Å². The van der Waals surface area contributed by atoms with Gasteiger partial charge in [-0.3, -0.25) is 0 Å². The molecule has 0 spiro atoms. The molecule has 0 aliphatic carbocycles. The third-order valence-electron chi connectivity index (χ3n) is 5.01. The molecule has 1 atom stereocenters. The molecule has 2 fully saturated rings. The Morgan fingerprint density at radius 3 is 2.83 bits per heavy atom. The van der Waals surface area contributed by atoms with E-state index >= 15 is 0 Å². The van der Waals surface area contributed by atoms with E-state index in [1.54, 1.807) is 6.26 Å². The second-order valence-corrected chi connectivity index (χ2v) is 6.77. The van der Waals surface area contributed by atoms with Crippen molar-refractivity contribution in [1.29, 1.82) is 0 Å². The van der Waals surface area contributed by atoms with Crippen LogP contribution in [-0.4, -0.2) is 54.6 Å². The van der Waals surface area contributed by atoms with Crippen molar-refractivity contribution in [3.63, 3.8) is 0 Å². The second-order valence-electron chi connectivity index (χ2n) is 6.77. The number of amides is 2. The monoisotopic (exact) mass is 319 g/mol. The molecule has 0 bridgehead atoms. The fourth-order valence-corrected chi connectivity index (χ4v) is 3.74. The van der Waals surface area contributed by atoms with Crippen molar-refractivity contribution in [2.24, 2.45) is 0 Å². The summed E-state index contributed by atoms with van der Waals surface area (Å²) in [5, 5.41) is 3.10. The number of piperidine rings is 1. The number of likely N-dealkylation sites (tertiary alicyclic amines) is 2. The molecule has 3 heterocycles. The summed E-state index contributed by atoms with van der Waals surface area (Å²) in [7, 11) is 0. The van der Waals surface area contributed by atoms with Gasteiger partial charge in [-0.05, 0) is 63.7 Å². The number of nitrogens with zero attached hydrogens (tertiary/aromatic N) is 2. The summed E-state index contributed by atoms with van der Waals surface area (Å²) in [6.45, 7) is 5.08. The number of urea groups is 1. The predicted octanol–water partition coefficient (Wildman–Crippen LogP) is 2.87. The fourth-order valence-electron chi connectivity index (χ4n) is 3.74. The lowest BCUT2D eigenvalue weighted by Crippen LogP contribution is -2.52. The molecule has 1 N–H and O–H groups in total. The van der Waals surface area contributed by atoms with Gasteiger partial charge in [0.2, 0.25) is 0 Å². The standard InChI is InChI=1S/C18H29N3O2/c22-18(19-10-5-8-17-9-6-14-23-17)21-13-2-1-7-16(21)15-20-11-3-4-12-20/h6,9,14,16H,1-5,7-8,10-13,15H2,(H,19,22). The first-order valence-electron chi connectivity index (χ1n) is 9.12. The normalized spacial score (nSPS) is 22.4. The average molecular weight is 319 g/mol. The number of hydrogen-bond donors (Lipinski definition) is 1. The van der Waals surface area contributed by atoms with Gasteiger partial charge in [0.05, 0.1) is 6.26 Å². The van der Waals surface area contributed by atoms with Crippen LogP contribution in [0.15, 0.2) is 22.8 Å². The summed E-state index contributed by atoms with van der Waals surface area (Å²) in [5.41, 5.74) is 0. The van der Waals surface area contributed by atoms with Gasteiger partial charge < -0.3 is 19.5 Å². The smallest absolute Gasteiger partial charge is 0.317 e. The van der Waals surface area contributed by atoms with Crippen molar-refractivity contribution in [3.8, 4) is 0 Å². The van der Waals surface area contributed by atoms with Crippen molar-refractivity contribution in [3.05, 3.63) is 24.2 Å². The topological polar surface area (TPSA) is 48.7 Å². The van der Waals surface area contributed by atoms with E-state index in [9.17, 15) is 4.79 Å². The molecule has 0 aromatic carbocycles. The zero-order valence-electron chi connectivity index (χ0n) is 14.0. The number of furan rings is 1. The Morgan fingerprint density at radius 2 is 2.04 bits per heavy atom. The van der Waals surface area contributed by atoms with Gasteiger partial charge in [0.25, 0.3) is 0 Å². The average Bonchev–Trinajstić information content (AvgIpc) is 3.25. The molecule has 2 aliphatic rings. The maximum atomic E-state index is 12.5. The van der Waals surface area contributed by atoms with E-state index in [1.165, 1.54) is 32.4 Å². The van der Waals surface area contributed by atoms with Crippen LogP contribution >= 0.6 is 0 Å². The lowest BCUT2D eigenvalue weighted by atomic mass is 10.0. The van der Waals surface area contributed by atoms with Gasteiger partial charge in [0.1, 0.15) is 5.76 Å². The van der Waals surface area contributed by atoms with E-state index in [1.807, 2.05) is 12.1 Å². The quantitative estimate of drug-likeness (QED) is 0.820. The van der Waals surface area contributed by atoms with Gasteiger partial charge in [0, 0.05) is 32.1 Å². The fraction of sp³-hybridized carbons (Fsp3) is 0.722. The predicted molar refractivity (Wildman–Crippen MR) is 90.4 cm³/mol. The SMILES string of the molecule is O=C(NCCCc1ccco1)N1CCCCC1CN1CCCC1. The second kappa shape index (κ2) is 8.39. The van der Waals surface area contributed by atoms with Gasteiger partial charge in [-0.1, -0.05) is 0 Å². The first-order valence-corrected chi connectivity index (χ1v) is 9.12. The maximum absolute atomic E-state index is 12.5. The van der Waals surface area contributed by atoms with Crippen molar-refractivity contribution in [2.45, 2.75) is 51.0 Å². The number of rotatable bonds is 6. The molecular formula is C18H29N3O2. The molecule has 1 aromatic rings. The first kappa shape index (κ1) is 16.4. The highest BCUT2D eigenvalue weighted by Gasteiger charge is 2.28. The zero-order valence-corrected chi connectivity index (χ0v) is 14.0. The van der Waals surface area contributed by atoms with Gasteiger partial charge in [-0.25, -0.2) is 4.79 Å². The van der Waals surface area contributed by atoms with E-state index in [0.29, 0.717) is 12.6 Å². The Hall–Kier alpha value is -1.49. The highest BCUT2D eigenvalue weighted by atomic mass is 16.3. The summed E-state index contributed by atoms with van der Waals surface area (Å²) < 4.78 is 5.32. The molecule has 5 nitrogen and oxygen atoms in total. The van der Waals surface area contributed by atoms with Crippen molar-refractivity contribution in [1.82, 2.24) is 15.1 Å². The summed E-state index contributed by atoms with van der Waals surface area (Å²) in [5.74, 6) is 0.990. The molecule has 128 valence electrons. The van der Waals surface area contributed by atoms with Crippen LogP contribution in [-0.2, 0) is 6.42 Å². The highest BCUT2D eigenvalue weighted by molar-refractivity contribution is 5.74. The van der Waals surface area contributed by atoms with Gasteiger partial charge in [-0.2, -0.15) is 0 Å². The molecule has 1 unspecified atom stereocenters. The minimum absolute atomic E-state index is 0.119. The Labute approximate surface area is 139 Å². The summed E-state index contributed by atoms with van der Waals surface area (Å²) in [4.78, 5) is 17.1. The van der Waals surface area contributed by atoms with E-state index in [-0.39, 0.29) is 6.03 Å². The molecule has 3 rings (SSSR count). The van der Waals surface area contributed by atoms with E-state index in [2.05, 4.69) is 15.1 Å². The molecule has 2 saturated heterocycles. The third-order valence-corrected chi connectivity index (χ3v) is 5.01. The molecule has 0 radical (unpaired) electrons. The van der Waals surface area contributed by atoms with Gasteiger partial charge in [-0.15, -0.1) is 0 Å². The van der Waals surface area contributed by atoms with Crippen LogP contribution < -0.4 is 5.32 Å².